The molecule has 0 spiro atoms. The number of fused-ring (bicyclic) bond motifs is 1. The van der Waals surface area contributed by atoms with Gasteiger partial charge in [0, 0.05) is 19.3 Å². The number of anilines is 2. The van der Waals surface area contributed by atoms with E-state index in [0.29, 0.717) is 35.8 Å². The average Bonchev–Trinajstić information content (AvgIpc) is 2.97. The Labute approximate surface area is 135 Å². The van der Waals surface area contributed by atoms with Crippen LogP contribution in [0.25, 0.3) is 11.2 Å². The lowest BCUT2D eigenvalue weighted by molar-refractivity contribution is -0.137. The van der Waals surface area contributed by atoms with Gasteiger partial charge >= 0.3 is 6.18 Å². The van der Waals surface area contributed by atoms with Gasteiger partial charge in [0.25, 0.3) is 0 Å². The van der Waals surface area contributed by atoms with Crippen LogP contribution in [0, 0.1) is 0 Å². The van der Waals surface area contributed by atoms with Gasteiger partial charge in [-0.3, -0.25) is 0 Å². The first kappa shape index (κ1) is 16.2. The Morgan fingerprint density at radius 3 is 2.54 bits per heavy atom. The van der Waals surface area contributed by atoms with Crippen molar-refractivity contribution in [2.24, 2.45) is 0 Å². The summed E-state index contributed by atoms with van der Waals surface area (Å²) < 4.78 is 44.6. The fraction of sp³-hybridized carbons (Fsp3) is 0.267. The molecule has 9 heteroatoms. The zero-order chi connectivity index (χ0) is 17.2. The van der Waals surface area contributed by atoms with E-state index in [2.05, 4.69) is 20.3 Å². The Balaban J connectivity index is 1.86. The lowest BCUT2D eigenvalue weighted by atomic mass is 10.2. The number of nitrogens with one attached hydrogen (secondary N) is 1. The average molecular weight is 337 g/mol. The third-order valence-electron chi connectivity index (χ3n) is 3.41. The van der Waals surface area contributed by atoms with Crippen LogP contribution in [0.2, 0.25) is 0 Å². The van der Waals surface area contributed by atoms with Gasteiger partial charge in [0.05, 0.1) is 18.5 Å². The first-order valence-electron chi connectivity index (χ1n) is 7.08. The van der Waals surface area contributed by atoms with Gasteiger partial charge in [0.1, 0.15) is 6.33 Å². The van der Waals surface area contributed by atoms with Crippen LogP contribution in [0.4, 0.5) is 24.7 Å². The predicted molar refractivity (Wildman–Crippen MR) is 81.9 cm³/mol. The van der Waals surface area contributed by atoms with E-state index in [1.807, 2.05) is 4.57 Å². The molecule has 126 valence electrons. The van der Waals surface area contributed by atoms with Gasteiger partial charge in [-0.15, -0.1) is 0 Å². The number of imidazole rings is 1. The van der Waals surface area contributed by atoms with Gasteiger partial charge in [0.2, 0.25) is 0 Å². The normalized spacial score (nSPS) is 11.8. The molecule has 0 fully saturated rings. The molecular weight excluding hydrogens is 323 g/mol. The highest BCUT2D eigenvalue weighted by Crippen LogP contribution is 2.30. The second-order valence-corrected chi connectivity index (χ2v) is 5.03. The van der Waals surface area contributed by atoms with Crippen LogP contribution in [0.1, 0.15) is 5.56 Å². The first-order valence-corrected chi connectivity index (χ1v) is 7.08. The Morgan fingerprint density at radius 2 is 1.88 bits per heavy atom. The van der Waals surface area contributed by atoms with Crippen LogP contribution in [0.15, 0.2) is 36.9 Å². The van der Waals surface area contributed by atoms with Crippen molar-refractivity contribution in [2.45, 2.75) is 12.7 Å². The van der Waals surface area contributed by atoms with Gasteiger partial charge in [-0.05, 0) is 24.3 Å². The maximum Gasteiger partial charge on any atom is 0.416 e. The standard InChI is InChI=1S/C15H14F3N5O/c1-24-7-6-23-9-21-12-13(19-8-20-14(12)23)22-11-4-2-10(3-5-11)15(16,17)18/h2-5,8-9H,6-7H2,1H3,(H,19,20,22). The molecule has 0 aliphatic heterocycles. The van der Waals surface area contributed by atoms with Gasteiger partial charge in [-0.2, -0.15) is 13.2 Å². The van der Waals surface area contributed by atoms with E-state index < -0.39 is 11.7 Å². The molecule has 3 aromatic rings. The molecule has 2 heterocycles. The van der Waals surface area contributed by atoms with Gasteiger partial charge in [-0.1, -0.05) is 0 Å². The Hall–Kier alpha value is -2.68. The minimum atomic E-state index is -4.36. The van der Waals surface area contributed by atoms with Crippen LogP contribution in [0.3, 0.4) is 0 Å². The predicted octanol–water partition coefficient (Wildman–Crippen LogP) is 3.24. The number of hydrogen-bond donors (Lipinski definition) is 1. The summed E-state index contributed by atoms with van der Waals surface area (Å²) in [5, 5.41) is 2.97. The summed E-state index contributed by atoms with van der Waals surface area (Å²) in [6.45, 7) is 1.10. The van der Waals surface area contributed by atoms with Crippen molar-refractivity contribution in [1.29, 1.82) is 0 Å². The Morgan fingerprint density at radius 1 is 1.12 bits per heavy atom. The van der Waals surface area contributed by atoms with Crippen molar-refractivity contribution in [3.63, 3.8) is 0 Å². The molecule has 0 amide bonds. The third kappa shape index (κ3) is 3.30. The minimum absolute atomic E-state index is 0.427. The summed E-state index contributed by atoms with van der Waals surface area (Å²) in [7, 11) is 1.60. The van der Waals surface area contributed by atoms with Gasteiger partial charge in [-0.25, -0.2) is 15.0 Å². The zero-order valence-electron chi connectivity index (χ0n) is 12.7. The van der Waals surface area contributed by atoms with Crippen LogP contribution >= 0.6 is 0 Å². The molecule has 0 saturated carbocycles. The SMILES string of the molecule is COCCn1cnc2c(Nc3ccc(C(F)(F)F)cc3)ncnc21. The third-order valence-corrected chi connectivity index (χ3v) is 3.41. The highest BCUT2D eigenvalue weighted by molar-refractivity contribution is 5.85. The molecular formula is C15H14F3N5O. The fourth-order valence-electron chi connectivity index (χ4n) is 2.20. The molecule has 0 radical (unpaired) electrons. The highest BCUT2D eigenvalue weighted by atomic mass is 19.4. The summed E-state index contributed by atoms with van der Waals surface area (Å²) in [5.41, 5.74) is 0.934. The number of aromatic nitrogens is 4. The van der Waals surface area contributed by atoms with Crippen molar-refractivity contribution in [2.75, 3.05) is 19.0 Å². The summed E-state index contributed by atoms with van der Waals surface area (Å²) in [4.78, 5) is 12.6. The molecule has 3 rings (SSSR count). The lowest BCUT2D eigenvalue weighted by Gasteiger charge is -2.09. The number of methoxy groups -OCH3 is 1. The van der Waals surface area contributed by atoms with Crippen molar-refractivity contribution < 1.29 is 17.9 Å². The van der Waals surface area contributed by atoms with E-state index >= 15 is 0 Å². The van der Waals surface area contributed by atoms with E-state index in [9.17, 15) is 13.2 Å². The smallest absolute Gasteiger partial charge is 0.383 e. The molecule has 24 heavy (non-hydrogen) atoms. The largest absolute Gasteiger partial charge is 0.416 e. The molecule has 0 atom stereocenters. The monoisotopic (exact) mass is 337 g/mol. The van der Waals surface area contributed by atoms with Crippen molar-refractivity contribution in [1.82, 2.24) is 19.5 Å². The van der Waals surface area contributed by atoms with E-state index in [1.165, 1.54) is 18.5 Å². The maximum atomic E-state index is 12.6. The molecule has 0 aliphatic rings. The summed E-state index contributed by atoms with van der Waals surface area (Å²) in [6.07, 6.45) is -1.36. The second kappa shape index (κ2) is 6.44. The molecule has 1 N–H and O–H groups in total. The molecule has 0 unspecified atom stereocenters. The quantitative estimate of drug-likeness (QED) is 0.774. The number of halogens is 3. The number of alkyl halides is 3. The second-order valence-electron chi connectivity index (χ2n) is 5.03. The zero-order valence-corrected chi connectivity index (χ0v) is 12.7. The summed E-state index contributed by atoms with van der Waals surface area (Å²) in [5.74, 6) is 0.427. The number of nitrogens with zero attached hydrogens (tertiary/aromatic N) is 4. The molecule has 0 saturated heterocycles. The van der Waals surface area contributed by atoms with Crippen LogP contribution in [0.5, 0.6) is 0 Å². The lowest BCUT2D eigenvalue weighted by Crippen LogP contribution is -2.05. The van der Waals surface area contributed by atoms with Crippen molar-refractivity contribution in [3.8, 4) is 0 Å². The summed E-state index contributed by atoms with van der Waals surface area (Å²) in [6, 6.07) is 4.72. The number of ether oxygens (including phenoxy) is 1. The Kier molecular flexibility index (Phi) is 4.34. The number of hydrogen-bond acceptors (Lipinski definition) is 5. The van der Waals surface area contributed by atoms with Gasteiger partial charge < -0.3 is 14.6 Å². The molecule has 1 aromatic carbocycles. The fourth-order valence-corrected chi connectivity index (χ4v) is 2.20. The van der Waals surface area contributed by atoms with E-state index in [1.54, 1.807) is 13.4 Å². The van der Waals surface area contributed by atoms with Gasteiger partial charge in [0.15, 0.2) is 17.0 Å². The minimum Gasteiger partial charge on any atom is -0.383 e. The van der Waals surface area contributed by atoms with E-state index in [-0.39, 0.29) is 0 Å². The van der Waals surface area contributed by atoms with Crippen molar-refractivity contribution in [3.05, 3.63) is 42.5 Å². The molecule has 2 aromatic heterocycles. The highest BCUT2D eigenvalue weighted by Gasteiger charge is 2.29. The molecule has 6 nitrogen and oxygen atoms in total. The topological polar surface area (TPSA) is 64.9 Å². The molecule has 0 aliphatic carbocycles. The molecule has 0 bridgehead atoms. The Bertz CT molecular complexity index is 829. The summed E-state index contributed by atoms with van der Waals surface area (Å²) >= 11 is 0. The maximum absolute atomic E-state index is 12.6. The van der Waals surface area contributed by atoms with E-state index in [0.717, 1.165) is 12.1 Å². The van der Waals surface area contributed by atoms with Crippen LogP contribution < -0.4 is 5.32 Å². The number of benzene rings is 1. The van der Waals surface area contributed by atoms with E-state index in [4.69, 9.17) is 4.74 Å². The van der Waals surface area contributed by atoms with Crippen molar-refractivity contribution >= 4 is 22.7 Å². The van der Waals surface area contributed by atoms with Crippen LogP contribution in [-0.4, -0.2) is 33.2 Å². The number of rotatable bonds is 5. The van der Waals surface area contributed by atoms with Crippen LogP contribution in [-0.2, 0) is 17.5 Å². The first-order chi connectivity index (χ1) is 11.5.